The number of hydrogen-bond donors (Lipinski definition) is 1. The standard InChI is InChI=1S/C15H28N4/c1-5-12(3)18(4)9-10-19-14-7-8-16-11-13(14)17-15(19)6-2/h12,16H,5-11H2,1-4H3. The molecular formula is C15H28N4. The molecule has 0 saturated carbocycles. The molecule has 1 atom stereocenters. The van der Waals surface area contributed by atoms with E-state index in [1.165, 1.54) is 23.6 Å². The van der Waals surface area contributed by atoms with Crippen LogP contribution < -0.4 is 5.32 Å². The van der Waals surface area contributed by atoms with E-state index in [1.54, 1.807) is 0 Å². The Labute approximate surface area is 117 Å². The smallest absolute Gasteiger partial charge is 0.109 e. The molecule has 0 aromatic carbocycles. The molecule has 0 spiro atoms. The molecule has 1 aliphatic heterocycles. The molecule has 1 aromatic heterocycles. The zero-order chi connectivity index (χ0) is 13.8. The monoisotopic (exact) mass is 264 g/mol. The number of aromatic nitrogens is 2. The van der Waals surface area contributed by atoms with Crippen molar-refractivity contribution in [3.8, 4) is 0 Å². The Morgan fingerprint density at radius 2 is 2.21 bits per heavy atom. The Morgan fingerprint density at radius 3 is 2.89 bits per heavy atom. The third-order valence-corrected chi connectivity index (χ3v) is 4.40. The van der Waals surface area contributed by atoms with E-state index in [1.807, 2.05) is 0 Å². The molecule has 0 bridgehead atoms. The fraction of sp³-hybridized carbons (Fsp3) is 0.800. The molecular weight excluding hydrogens is 236 g/mol. The maximum Gasteiger partial charge on any atom is 0.109 e. The van der Waals surface area contributed by atoms with Gasteiger partial charge in [0.05, 0.1) is 5.69 Å². The number of imidazole rings is 1. The van der Waals surface area contributed by atoms with E-state index in [0.29, 0.717) is 6.04 Å². The molecule has 1 aliphatic rings. The second-order valence-electron chi connectivity index (χ2n) is 5.59. The first-order chi connectivity index (χ1) is 9.17. The summed E-state index contributed by atoms with van der Waals surface area (Å²) in [5.74, 6) is 1.26. The highest BCUT2D eigenvalue weighted by Gasteiger charge is 2.19. The Hall–Kier alpha value is -0.870. The molecule has 19 heavy (non-hydrogen) atoms. The molecule has 0 saturated heterocycles. The Bertz CT molecular complexity index is 411. The van der Waals surface area contributed by atoms with Crippen LogP contribution in [0.1, 0.15) is 44.4 Å². The summed E-state index contributed by atoms with van der Waals surface area (Å²) < 4.78 is 2.47. The summed E-state index contributed by atoms with van der Waals surface area (Å²) in [6, 6.07) is 0.658. The van der Waals surface area contributed by atoms with E-state index in [0.717, 1.165) is 39.0 Å². The first-order valence-corrected chi connectivity index (χ1v) is 7.65. The minimum atomic E-state index is 0.658. The van der Waals surface area contributed by atoms with E-state index in [2.05, 4.69) is 42.6 Å². The third-order valence-electron chi connectivity index (χ3n) is 4.40. The van der Waals surface area contributed by atoms with Gasteiger partial charge in [-0.15, -0.1) is 0 Å². The fourth-order valence-electron chi connectivity index (χ4n) is 2.75. The molecule has 2 heterocycles. The van der Waals surface area contributed by atoms with Crippen LogP contribution in [0.2, 0.25) is 0 Å². The number of likely N-dealkylation sites (N-methyl/N-ethyl adjacent to an activating group) is 1. The SMILES string of the molecule is CCc1nc2c(n1CCN(C)C(C)CC)CCNC2. The van der Waals surface area contributed by atoms with Gasteiger partial charge < -0.3 is 14.8 Å². The van der Waals surface area contributed by atoms with Gasteiger partial charge in [0.1, 0.15) is 5.82 Å². The van der Waals surface area contributed by atoms with Crippen molar-refractivity contribution in [2.24, 2.45) is 0 Å². The van der Waals surface area contributed by atoms with Gasteiger partial charge in [0.15, 0.2) is 0 Å². The highest BCUT2D eigenvalue weighted by molar-refractivity contribution is 5.20. The van der Waals surface area contributed by atoms with Crippen LogP contribution in [0.4, 0.5) is 0 Å². The molecule has 108 valence electrons. The minimum Gasteiger partial charge on any atom is -0.330 e. The number of hydrogen-bond acceptors (Lipinski definition) is 3. The van der Waals surface area contributed by atoms with Gasteiger partial charge in [-0.1, -0.05) is 13.8 Å². The summed E-state index contributed by atoms with van der Waals surface area (Å²) in [5.41, 5.74) is 2.74. The van der Waals surface area contributed by atoms with Gasteiger partial charge in [-0.2, -0.15) is 0 Å². The van der Waals surface area contributed by atoms with Crippen molar-refractivity contribution in [2.75, 3.05) is 20.1 Å². The normalized spacial score (nSPS) is 16.7. The molecule has 0 amide bonds. The predicted molar refractivity (Wildman–Crippen MR) is 79.4 cm³/mol. The molecule has 1 aromatic rings. The summed E-state index contributed by atoms with van der Waals surface area (Å²) in [6.45, 7) is 11.0. The van der Waals surface area contributed by atoms with Crippen molar-refractivity contribution in [2.45, 2.75) is 59.2 Å². The van der Waals surface area contributed by atoms with Crippen molar-refractivity contribution in [1.29, 1.82) is 0 Å². The third kappa shape index (κ3) is 3.18. The molecule has 1 N–H and O–H groups in total. The molecule has 4 heteroatoms. The lowest BCUT2D eigenvalue weighted by Gasteiger charge is -2.25. The average Bonchev–Trinajstić information content (AvgIpc) is 2.81. The molecule has 1 unspecified atom stereocenters. The fourth-order valence-corrected chi connectivity index (χ4v) is 2.75. The number of aryl methyl sites for hydroxylation is 1. The zero-order valence-corrected chi connectivity index (χ0v) is 12.9. The van der Waals surface area contributed by atoms with E-state index in [-0.39, 0.29) is 0 Å². The lowest BCUT2D eigenvalue weighted by molar-refractivity contribution is 0.240. The minimum absolute atomic E-state index is 0.658. The summed E-state index contributed by atoms with van der Waals surface area (Å²) in [7, 11) is 2.23. The largest absolute Gasteiger partial charge is 0.330 e. The van der Waals surface area contributed by atoms with Gasteiger partial charge in [-0.25, -0.2) is 4.98 Å². The van der Waals surface area contributed by atoms with Crippen LogP contribution in [-0.2, 0) is 25.9 Å². The average molecular weight is 264 g/mol. The van der Waals surface area contributed by atoms with Crippen LogP contribution in [0.3, 0.4) is 0 Å². The first-order valence-electron chi connectivity index (χ1n) is 7.65. The lowest BCUT2D eigenvalue weighted by Crippen LogP contribution is -2.32. The second kappa shape index (κ2) is 6.53. The van der Waals surface area contributed by atoms with E-state index >= 15 is 0 Å². The van der Waals surface area contributed by atoms with E-state index < -0.39 is 0 Å². The number of nitrogens with zero attached hydrogens (tertiary/aromatic N) is 3. The molecule has 2 rings (SSSR count). The van der Waals surface area contributed by atoms with E-state index in [9.17, 15) is 0 Å². The van der Waals surface area contributed by atoms with Gasteiger partial charge in [-0.05, 0) is 20.4 Å². The van der Waals surface area contributed by atoms with Crippen molar-refractivity contribution >= 4 is 0 Å². The van der Waals surface area contributed by atoms with Gasteiger partial charge in [0.25, 0.3) is 0 Å². The van der Waals surface area contributed by atoms with Crippen molar-refractivity contribution in [3.05, 3.63) is 17.2 Å². The van der Waals surface area contributed by atoms with Crippen molar-refractivity contribution in [1.82, 2.24) is 19.8 Å². The van der Waals surface area contributed by atoms with Crippen LogP contribution in [0.25, 0.3) is 0 Å². The van der Waals surface area contributed by atoms with Crippen LogP contribution >= 0.6 is 0 Å². The summed E-state index contributed by atoms with van der Waals surface area (Å²) in [5, 5.41) is 3.41. The number of fused-ring (bicyclic) bond motifs is 1. The quantitative estimate of drug-likeness (QED) is 0.851. The highest BCUT2D eigenvalue weighted by Crippen LogP contribution is 2.17. The van der Waals surface area contributed by atoms with Gasteiger partial charge in [0, 0.05) is 50.8 Å². The summed E-state index contributed by atoms with van der Waals surface area (Å²) in [4.78, 5) is 7.25. The van der Waals surface area contributed by atoms with Crippen LogP contribution in [0.15, 0.2) is 0 Å². The van der Waals surface area contributed by atoms with Crippen molar-refractivity contribution < 1.29 is 0 Å². The molecule has 0 radical (unpaired) electrons. The van der Waals surface area contributed by atoms with Gasteiger partial charge in [-0.3, -0.25) is 0 Å². The second-order valence-corrected chi connectivity index (χ2v) is 5.59. The Morgan fingerprint density at radius 1 is 1.42 bits per heavy atom. The van der Waals surface area contributed by atoms with Crippen LogP contribution in [0.5, 0.6) is 0 Å². The lowest BCUT2D eigenvalue weighted by atomic mass is 10.2. The number of nitrogens with one attached hydrogen (secondary N) is 1. The summed E-state index contributed by atoms with van der Waals surface area (Å²) in [6.07, 6.45) is 3.36. The Kier molecular flexibility index (Phi) is 4.99. The van der Waals surface area contributed by atoms with Crippen LogP contribution in [0, 0.1) is 0 Å². The van der Waals surface area contributed by atoms with Gasteiger partial charge >= 0.3 is 0 Å². The topological polar surface area (TPSA) is 33.1 Å². The predicted octanol–water partition coefficient (Wildman–Crippen LogP) is 1.82. The molecule has 0 fully saturated rings. The summed E-state index contributed by atoms with van der Waals surface area (Å²) >= 11 is 0. The zero-order valence-electron chi connectivity index (χ0n) is 12.9. The Balaban J connectivity index is 2.08. The maximum absolute atomic E-state index is 4.79. The van der Waals surface area contributed by atoms with Crippen LogP contribution in [-0.4, -0.2) is 40.6 Å². The maximum atomic E-state index is 4.79. The molecule has 4 nitrogen and oxygen atoms in total. The highest BCUT2D eigenvalue weighted by atomic mass is 15.2. The molecule has 0 aliphatic carbocycles. The van der Waals surface area contributed by atoms with E-state index in [4.69, 9.17) is 4.98 Å². The first kappa shape index (κ1) is 14.5. The van der Waals surface area contributed by atoms with Crippen molar-refractivity contribution in [3.63, 3.8) is 0 Å². The number of rotatable bonds is 6. The van der Waals surface area contributed by atoms with Gasteiger partial charge in [0.2, 0.25) is 0 Å².